The maximum Gasteiger partial charge on any atom is 0.310 e. The number of cyclic esters (lactones) is 1. The Bertz CT molecular complexity index is 4250. The van der Waals surface area contributed by atoms with Gasteiger partial charge in [0.15, 0.2) is 44.0 Å². The van der Waals surface area contributed by atoms with Crippen LogP contribution in [0.25, 0.3) is 6.08 Å². The van der Waals surface area contributed by atoms with E-state index in [0.29, 0.717) is 25.8 Å². The predicted molar refractivity (Wildman–Crippen MR) is 500 cm³/mol. The number of carboxylic acids is 2. The highest BCUT2D eigenvalue weighted by Gasteiger charge is 2.61. The molecule has 0 amide bonds. The summed E-state index contributed by atoms with van der Waals surface area (Å²) in [6, 6.07) is 0. The summed E-state index contributed by atoms with van der Waals surface area (Å²) in [6.07, 6.45) is -64.2. The fraction of sp³-hybridized carbons (Fsp3) is 0.828. The summed E-state index contributed by atoms with van der Waals surface area (Å²) in [5.41, 5.74) is 7.04. The number of esters is 2. The molecule has 24 N–H and O–H groups in total. The van der Waals surface area contributed by atoms with Crippen LogP contribution in [0.2, 0.25) is 0 Å². The third-order valence-electron chi connectivity index (χ3n) is 26.8. The van der Waals surface area contributed by atoms with Gasteiger partial charge in [-0.1, -0.05) is 51.0 Å². The molecule has 16 unspecified atom stereocenters. The number of aliphatic hydroxyl groups excluding tert-OH is 20. The maximum atomic E-state index is 13.8. The standard InChI is InChI=1S/C60H98O41S2.C33H50N2O6S/c1-3-21(52(82)83)16-102-18-29-50-36(73)43(80)59(93-29)98-48-27(14-64)89-55(39(76)32(48)69)95-45-24(11-61)88-54(38(75)31(45)68)96-46-26(13-63)92-58(42(79)35(46)72)101-51-30(19-103-17-22(53(84)85)10-23(67)5-7-87-9-8-86-6-4-20(2)66)94-60(44(81)37(51)74)99-49-28(15-65)90-56(40(77)33(49)70)97-47-25(12-62)91-57(100-50)41(78)34(47)71;1-21-12-11-13-22(2)31(38)24(4)32(39)33(6,7)28(41-29(36)14-9-8-10-17-34)19-30(37)40-27(16-15-21)23(3)18-26-20-42-25(5)35-26/h21-22,24-51,54-65,68-81H,3-19H2,1-2H3,(H,82,83)(H,84,85);11,13,15,18,20,22,24,27-28,31,38H,8-10,12,14,16-17,19,34H2,1-7H3/b;13-11-,21-15-,23-18+/t21?,22?,24?,25?,26?,27?,28?,29?,30?,31-,32-,33-,34-,35-,36-,37-,38?,39?,40?,41?,42?,43?,44?,45-,46-,47-,48-,49-,50-,51-,54-,55-,56+,57+,58-,59+,60-;22-,24+,27-,28-,31-/m10/s1. The summed E-state index contributed by atoms with van der Waals surface area (Å²) in [7, 11) is 0. The van der Waals surface area contributed by atoms with E-state index in [4.69, 9.17) is 91.0 Å². The van der Waals surface area contributed by atoms with Gasteiger partial charge in [0.05, 0.1) is 112 Å². The van der Waals surface area contributed by atoms with Crippen molar-refractivity contribution in [1.29, 1.82) is 0 Å². The van der Waals surface area contributed by atoms with Gasteiger partial charge in [-0.25, -0.2) is 4.98 Å². The van der Waals surface area contributed by atoms with Crippen molar-refractivity contribution >= 4 is 82.2 Å². The Morgan fingerprint density at radius 2 is 0.876 bits per heavy atom. The minimum Gasteiger partial charge on any atom is -0.481 e. The average Bonchev–Trinajstić information content (AvgIpc) is 1.35. The van der Waals surface area contributed by atoms with E-state index >= 15 is 0 Å². The number of thioether (sulfide) groups is 2. The first-order valence-electron chi connectivity index (χ1n) is 48.5. The normalized spacial score (nSPS) is 40.1. The van der Waals surface area contributed by atoms with Crippen LogP contribution in [0, 0.1) is 36.0 Å². The first-order chi connectivity index (χ1) is 68.8. The maximum absolute atomic E-state index is 13.8. The van der Waals surface area contributed by atoms with E-state index in [2.05, 4.69) is 4.98 Å². The predicted octanol–water partition coefficient (Wildman–Crippen LogP) is -5.46. The van der Waals surface area contributed by atoms with Gasteiger partial charge in [0, 0.05) is 72.3 Å². The summed E-state index contributed by atoms with van der Waals surface area (Å²) < 4.78 is 105. The quantitative estimate of drug-likeness (QED) is 0.0171. The van der Waals surface area contributed by atoms with Crippen molar-refractivity contribution in [2.75, 3.05) is 89.0 Å². The van der Waals surface area contributed by atoms with Crippen molar-refractivity contribution in [2.45, 2.75) is 366 Å². The Kier molecular flexibility index (Phi) is 50.1. The van der Waals surface area contributed by atoms with Crippen LogP contribution in [0.3, 0.4) is 0 Å². The van der Waals surface area contributed by atoms with Crippen molar-refractivity contribution in [1.82, 2.24) is 4.98 Å². The Hall–Kier alpha value is -5.04. The Labute approximate surface area is 849 Å². The number of nitrogens with two attached hydrogens (primary N) is 1. The van der Waals surface area contributed by atoms with E-state index in [-0.39, 0.29) is 93.3 Å². The fourth-order valence-corrected chi connectivity index (χ4v) is 20.8. The molecule has 22 aliphatic heterocycles. The van der Waals surface area contributed by atoms with Crippen molar-refractivity contribution in [2.24, 2.45) is 34.8 Å². The molecule has 145 heavy (non-hydrogen) atoms. The molecule has 14 bridgehead atoms. The van der Waals surface area contributed by atoms with Crippen LogP contribution >= 0.6 is 34.9 Å². The number of carbonyl (C=O) groups is 7. The molecule has 0 aliphatic carbocycles. The lowest BCUT2D eigenvalue weighted by atomic mass is 9.73. The molecule has 23 heterocycles. The second-order valence-corrected chi connectivity index (χ2v) is 41.3. The van der Waals surface area contributed by atoms with E-state index in [1.807, 2.05) is 57.4 Å². The third-order valence-corrected chi connectivity index (χ3v) is 30.0. The molecular weight excluding hydrogens is 1990 g/mol. The van der Waals surface area contributed by atoms with E-state index in [9.17, 15) is 146 Å². The summed E-state index contributed by atoms with van der Waals surface area (Å²) in [5.74, 6) is -9.08. The number of aryl methyl sites for hydroxylation is 1. The largest absolute Gasteiger partial charge is 0.481 e. The second kappa shape index (κ2) is 58.9. The lowest BCUT2D eigenvalue weighted by Crippen LogP contribution is -2.68. The number of nitrogens with zero attached hydrogens (tertiary/aromatic N) is 1. The molecule has 52 heteroatoms. The summed E-state index contributed by atoms with van der Waals surface area (Å²) in [5, 5.41) is 251. The molecular formula is C93H148N2O47S3. The number of hydrogen-bond acceptors (Lipinski definition) is 50. The number of thiazole rings is 1. The molecule has 0 spiro atoms. The number of rotatable bonds is 35. The number of hydrogen-bond donors (Lipinski definition) is 23. The highest BCUT2D eigenvalue weighted by atomic mass is 32.2. The lowest BCUT2D eigenvalue weighted by molar-refractivity contribution is -0.395. The molecule has 0 radical (unpaired) electrons. The van der Waals surface area contributed by atoms with Gasteiger partial charge in [-0.05, 0) is 85.4 Å². The molecule has 42 atom stereocenters. The fourth-order valence-electron chi connectivity index (χ4n) is 17.8. The number of aliphatic carboxylic acids is 2. The number of ketones is 3. The molecule has 49 nitrogen and oxygen atoms in total. The summed E-state index contributed by atoms with van der Waals surface area (Å²) in [6.45, 7) is 11.0. The first-order valence-corrected chi connectivity index (χ1v) is 51.7. The van der Waals surface area contributed by atoms with Crippen molar-refractivity contribution in [3.05, 3.63) is 45.5 Å². The van der Waals surface area contributed by atoms with E-state index in [0.717, 1.165) is 58.2 Å². The Morgan fingerprint density at radius 3 is 1.23 bits per heavy atom. The number of carboxylic acid groups (broad SMARTS) is 2. The lowest BCUT2D eigenvalue weighted by Gasteiger charge is -2.50. The number of carbonyl (C=O) groups excluding carboxylic acids is 5. The smallest absolute Gasteiger partial charge is 0.310 e. The van der Waals surface area contributed by atoms with E-state index < -0.39 is 331 Å². The van der Waals surface area contributed by atoms with E-state index in [1.165, 1.54) is 6.92 Å². The van der Waals surface area contributed by atoms with Crippen LogP contribution in [-0.2, 0) is 119 Å². The highest BCUT2D eigenvalue weighted by Crippen LogP contribution is 2.43. The van der Waals surface area contributed by atoms with E-state index in [1.54, 1.807) is 39.0 Å². The summed E-state index contributed by atoms with van der Waals surface area (Å²) in [4.78, 5) is 93.4. The Morgan fingerprint density at radius 1 is 0.503 bits per heavy atom. The van der Waals surface area contributed by atoms with Gasteiger partial charge in [0.25, 0.3) is 0 Å². The number of aliphatic hydroxyl groups is 20. The first kappa shape index (κ1) is 123. The zero-order valence-corrected chi connectivity index (χ0v) is 84.6. The third kappa shape index (κ3) is 33.3. The van der Waals surface area contributed by atoms with Gasteiger partial charge in [-0.2, -0.15) is 23.5 Å². The molecule has 830 valence electrons. The molecule has 23 rings (SSSR count). The molecule has 21 saturated heterocycles. The van der Waals surface area contributed by atoms with Crippen LogP contribution in [-0.4, -0.2) is 481 Å². The minimum absolute atomic E-state index is 0.0656. The molecule has 21 fully saturated rings. The highest BCUT2D eigenvalue weighted by molar-refractivity contribution is 7.99. The Balaban J connectivity index is 0.000000465. The van der Waals surface area contributed by atoms with Crippen LogP contribution < -0.4 is 5.73 Å². The van der Waals surface area contributed by atoms with Crippen molar-refractivity contribution in [3.63, 3.8) is 0 Å². The molecule has 22 aliphatic rings. The van der Waals surface area contributed by atoms with Crippen LogP contribution in [0.15, 0.2) is 34.8 Å². The van der Waals surface area contributed by atoms with Gasteiger partial charge in [0.1, 0.15) is 188 Å². The number of ether oxygens (including phenoxy) is 18. The monoisotopic (exact) mass is 2140 g/mol. The molecule has 1 aromatic rings. The number of Topliss-reactive ketones (excluding diaryl/α,β-unsaturated/α-hetero) is 3. The van der Waals surface area contributed by atoms with Gasteiger partial charge in [-0.3, -0.25) is 33.6 Å². The second-order valence-electron chi connectivity index (χ2n) is 38.1. The van der Waals surface area contributed by atoms with Crippen molar-refractivity contribution in [3.8, 4) is 0 Å². The molecule has 0 aromatic carbocycles. The zero-order chi connectivity index (χ0) is 107. The SMILES string of the molecule is C/C1=C/C[C@@H](/C(C)=C/c2csc(C)n2)OC(=O)C[C@H](OC(=O)CCCCCN)C(C)(C)C(=O)[C@H](C)[C@@H](O)[C@@H](C)/C=C\C1.CCC(CSCC1O[C@H]2O[C@@H]3C(CO)O[C@H](O[C@@H]4C(CO)O[C@H](O[C@@H]5C(CO)O[C@H](O[C@@H]6C(CSCC(CC(=O)CCOCCOCCC(C)=O)C(=O)O)O[C@H](O[C@@H]7C(CO)O[C@@H](O[C@@H]8C(CO)O[C@@H](O[C@H]1[C@H](O)C2O)C(O)[C@H]8O)C(O)[C@H]7O)C(O)[C@H]6O)C(O)[C@H]5O)C(O)[C@H]4O)C(O)[C@H]3O)C(=O)O. The number of unbranched alkanes of at least 4 members (excludes halogenated alkanes) is 2. The van der Waals surface area contributed by atoms with Gasteiger partial charge in [-0.15, -0.1) is 11.3 Å². The average molecular weight is 2140 g/mol. The van der Waals surface area contributed by atoms with Crippen LogP contribution in [0.4, 0.5) is 0 Å². The van der Waals surface area contributed by atoms with Gasteiger partial charge in [0.2, 0.25) is 0 Å². The minimum atomic E-state index is -2.31. The van der Waals surface area contributed by atoms with Crippen LogP contribution in [0.5, 0.6) is 0 Å². The van der Waals surface area contributed by atoms with Crippen molar-refractivity contribution < 1.29 is 231 Å². The molecule has 1 aromatic heterocycles. The zero-order valence-electron chi connectivity index (χ0n) is 82.1. The van der Waals surface area contributed by atoms with Gasteiger partial charge >= 0.3 is 23.9 Å². The van der Waals surface area contributed by atoms with Gasteiger partial charge < -0.3 is 203 Å². The van der Waals surface area contributed by atoms with Crippen LogP contribution in [0.1, 0.15) is 137 Å². The molecule has 0 saturated carbocycles. The number of aromatic nitrogens is 1. The summed E-state index contributed by atoms with van der Waals surface area (Å²) >= 11 is 3.27. The number of allylic oxidation sites excluding steroid dienone is 2. The topological polar surface area (TPSA) is 770 Å².